The van der Waals surface area contributed by atoms with Crippen molar-refractivity contribution in [3.8, 4) is 11.1 Å². The van der Waals surface area contributed by atoms with Crippen molar-refractivity contribution in [2.45, 2.75) is 26.8 Å². The fraction of sp³-hybridized carbons (Fsp3) is 0.368. The van der Waals surface area contributed by atoms with Gasteiger partial charge in [0.25, 0.3) is 5.91 Å². The molecule has 0 N–H and O–H groups in total. The average molecular weight is 309 g/mol. The molecule has 2 heterocycles. The van der Waals surface area contributed by atoms with Crippen LogP contribution in [0, 0.1) is 12.8 Å². The summed E-state index contributed by atoms with van der Waals surface area (Å²) in [6, 6.07) is 8.04. The zero-order valence-electron chi connectivity index (χ0n) is 14.2. The molecule has 0 fully saturated rings. The van der Waals surface area contributed by atoms with Gasteiger partial charge in [-0.05, 0) is 30.5 Å². The fourth-order valence-electron chi connectivity index (χ4n) is 3.18. The zero-order chi connectivity index (χ0) is 16.6. The van der Waals surface area contributed by atoms with E-state index in [1.54, 1.807) is 0 Å². The van der Waals surface area contributed by atoms with Crippen molar-refractivity contribution in [3.63, 3.8) is 0 Å². The molecule has 1 aliphatic rings. The van der Waals surface area contributed by atoms with Crippen molar-refractivity contribution in [2.24, 2.45) is 13.0 Å². The van der Waals surface area contributed by atoms with Crippen molar-refractivity contribution >= 4 is 5.91 Å². The van der Waals surface area contributed by atoms with E-state index in [1.807, 2.05) is 54.0 Å². The second-order valence-corrected chi connectivity index (χ2v) is 6.50. The Bertz CT molecular complexity index is 740. The van der Waals surface area contributed by atoms with Gasteiger partial charge >= 0.3 is 0 Å². The number of carbonyl (C=O) groups is 1. The third kappa shape index (κ3) is 2.93. The molecule has 1 amide bonds. The Morgan fingerprint density at radius 2 is 1.96 bits per heavy atom. The minimum Gasteiger partial charge on any atom is -0.328 e. The molecule has 3 rings (SSSR count). The van der Waals surface area contributed by atoms with Crippen LogP contribution < -0.4 is 0 Å². The van der Waals surface area contributed by atoms with E-state index in [4.69, 9.17) is 0 Å². The Kier molecular flexibility index (Phi) is 4.07. The standard InChI is InChI=1S/C19H23N3O/c1-13(2)18-6-5-11-22(18)19(23)16-9-7-15(8-10-16)17-12-21(4)20-14(17)3/h5-10,12-13,18H,11H2,1-4H3. The van der Waals surface area contributed by atoms with E-state index in [9.17, 15) is 4.79 Å². The molecule has 2 aromatic rings. The second-order valence-electron chi connectivity index (χ2n) is 6.50. The van der Waals surface area contributed by atoms with Crippen LogP contribution in [-0.4, -0.2) is 33.2 Å². The molecule has 1 atom stereocenters. The predicted octanol–water partition coefficient (Wildman–Crippen LogP) is 3.43. The summed E-state index contributed by atoms with van der Waals surface area (Å²) in [6.07, 6.45) is 6.22. The molecule has 0 radical (unpaired) electrons. The monoisotopic (exact) mass is 309 g/mol. The van der Waals surface area contributed by atoms with Gasteiger partial charge < -0.3 is 4.90 Å². The number of benzene rings is 1. The molecule has 1 unspecified atom stereocenters. The van der Waals surface area contributed by atoms with Crippen molar-refractivity contribution in [1.29, 1.82) is 0 Å². The normalized spacial score (nSPS) is 17.3. The summed E-state index contributed by atoms with van der Waals surface area (Å²) in [7, 11) is 1.92. The van der Waals surface area contributed by atoms with Gasteiger partial charge in [0, 0.05) is 30.9 Å². The molecule has 0 aliphatic carbocycles. The smallest absolute Gasteiger partial charge is 0.254 e. The predicted molar refractivity (Wildman–Crippen MR) is 92.2 cm³/mol. The molecule has 120 valence electrons. The van der Waals surface area contributed by atoms with Crippen molar-refractivity contribution < 1.29 is 4.79 Å². The van der Waals surface area contributed by atoms with E-state index in [1.165, 1.54) is 0 Å². The van der Waals surface area contributed by atoms with Crippen LogP contribution in [0.15, 0.2) is 42.6 Å². The number of amides is 1. The summed E-state index contributed by atoms with van der Waals surface area (Å²) in [4.78, 5) is 14.7. The lowest BCUT2D eigenvalue weighted by molar-refractivity contribution is 0.0720. The Labute approximate surface area is 137 Å². The van der Waals surface area contributed by atoms with Gasteiger partial charge in [-0.25, -0.2) is 0 Å². The maximum atomic E-state index is 12.8. The van der Waals surface area contributed by atoms with E-state index < -0.39 is 0 Å². The van der Waals surface area contributed by atoms with E-state index >= 15 is 0 Å². The topological polar surface area (TPSA) is 38.1 Å². The lowest BCUT2D eigenvalue weighted by Gasteiger charge is -2.27. The van der Waals surface area contributed by atoms with Crippen LogP contribution in [0.1, 0.15) is 29.9 Å². The molecular formula is C19H23N3O. The van der Waals surface area contributed by atoms with Crippen molar-refractivity contribution in [1.82, 2.24) is 14.7 Å². The Hall–Kier alpha value is -2.36. The number of rotatable bonds is 3. The first-order chi connectivity index (χ1) is 11.0. The van der Waals surface area contributed by atoms with E-state index in [0.29, 0.717) is 12.5 Å². The van der Waals surface area contributed by atoms with Crippen molar-refractivity contribution in [2.75, 3.05) is 6.54 Å². The number of aryl methyl sites for hydroxylation is 2. The van der Waals surface area contributed by atoms with Crippen LogP contribution in [0.2, 0.25) is 0 Å². The third-order valence-electron chi connectivity index (χ3n) is 4.40. The lowest BCUT2D eigenvalue weighted by Crippen LogP contribution is -2.38. The Morgan fingerprint density at radius 1 is 1.26 bits per heavy atom. The summed E-state index contributed by atoms with van der Waals surface area (Å²) in [5.74, 6) is 0.526. The van der Waals surface area contributed by atoms with Crippen LogP contribution in [-0.2, 0) is 7.05 Å². The maximum absolute atomic E-state index is 12.8. The van der Waals surface area contributed by atoms with Gasteiger partial charge in [0.05, 0.1) is 11.7 Å². The van der Waals surface area contributed by atoms with Crippen LogP contribution in [0.5, 0.6) is 0 Å². The number of carbonyl (C=O) groups excluding carboxylic acids is 1. The molecule has 23 heavy (non-hydrogen) atoms. The highest BCUT2D eigenvalue weighted by Gasteiger charge is 2.27. The van der Waals surface area contributed by atoms with Crippen LogP contribution in [0.25, 0.3) is 11.1 Å². The van der Waals surface area contributed by atoms with Gasteiger partial charge in [-0.1, -0.05) is 38.1 Å². The molecule has 1 aliphatic heterocycles. The lowest BCUT2D eigenvalue weighted by atomic mass is 10.0. The summed E-state index contributed by atoms with van der Waals surface area (Å²) < 4.78 is 1.81. The van der Waals surface area contributed by atoms with E-state index in [-0.39, 0.29) is 11.9 Å². The van der Waals surface area contributed by atoms with Crippen LogP contribution in [0.3, 0.4) is 0 Å². The molecule has 0 saturated carbocycles. The highest BCUT2D eigenvalue weighted by atomic mass is 16.2. The Balaban J connectivity index is 1.82. The van der Waals surface area contributed by atoms with Gasteiger partial charge in [0.1, 0.15) is 0 Å². The molecule has 4 nitrogen and oxygen atoms in total. The average Bonchev–Trinajstić information content (AvgIpc) is 3.13. The first-order valence-corrected chi connectivity index (χ1v) is 8.05. The van der Waals surface area contributed by atoms with Gasteiger partial charge in [-0.2, -0.15) is 5.10 Å². The third-order valence-corrected chi connectivity index (χ3v) is 4.40. The quantitative estimate of drug-likeness (QED) is 0.815. The molecule has 0 bridgehead atoms. The summed E-state index contributed by atoms with van der Waals surface area (Å²) in [5.41, 5.74) is 3.93. The number of hydrogen-bond donors (Lipinski definition) is 0. The second kappa shape index (κ2) is 6.03. The number of aromatic nitrogens is 2. The SMILES string of the molecule is Cc1nn(C)cc1-c1ccc(C(=O)N2CC=CC2C(C)C)cc1. The first-order valence-electron chi connectivity index (χ1n) is 8.05. The maximum Gasteiger partial charge on any atom is 0.254 e. The van der Waals surface area contributed by atoms with Crippen LogP contribution in [0.4, 0.5) is 0 Å². The summed E-state index contributed by atoms with van der Waals surface area (Å²) in [5, 5.41) is 4.37. The highest BCUT2D eigenvalue weighted by Crippen LogP contribution is 2.24. The van der Waals surface area contributed by atoms with Gasteiger partial charge in [-0.15, -0.1) is 0 Å². The molecule has 1 aromatic heterocycles. The van der Waals surface area contributed by atoms with Crippen molar-refractivity contribution in [3.05, 3.63) is 53.9 Å². The number of hydrogen-bond acceptors (Lipinski definition) is 2. The molecule has 4 heteroatoms. The molecular weight excluding hydrogens is 286 g/mol. The molecule has 0 saturated heterocycles. The first kappa shape index (κ1) is 15.5. The minimum absolute atomic E-state index is 0.100. The van der Waals surface area contributed by atoms with Crippen LogP contribution >= 0.6 is 0 Å². The summed E-state index contributed by atoms with van der Waals surface area (Å²) in [6.45, 7) is 6.99. The van der Waals surface area contributed by atoms with Gasteiger partial charge in [0.15, 0.2) is 0 Å². The van der Waals surface area contributed by atoms with Gasteiger partial charge in [0.2, 0.25) is 0 Å². The van der Waals surface area contributed by atoms with E-state index in [0.717, 1.165) is 22.4 Å². The largest absolute Gasteiger partial charge is 0.328 e. The van der Waals surface area contributed by atoms with E-state index in [2.05, 4.69) is 31.1 Å². The summed E-state index contributed by atoms with van der Waals surface area (Å²) >= 11 is 0. The zero-order valence-corrected chi connectivity index (χ0v) is 14.2. The minimum atomic E-state index is 0.100. The number of nitrogens with zero attached hydrogens (tertiary/aromatic N) is 3. The van der Waals surface area contributed by atoms with Gasteiger partial charge in [-0.3, -0.25) is 9.48 Å². The molecule has 1 aromatic carbocycles. The highest BCUT2D eigenvalue weighted by molar-refractivity contribution is 5.95. The Morgan fingerprint density at radius 3 is 2.52 bits per heavy atom. The molecule has 0 spiro atoms. The fourth-order valence-corrected chi connectivity index (χ4v) is 3.18.